The SMILES string of the molecule is C=C(CO[C@@H]1CC[C@@H](/C=C(\C)[C@H]2OC(=O)[C@@H]3CCCCN3C(=O)C(=O)[C@]3(O)O[C@H]([C@@H](OC)C[C@@H](C)C/C(C)=C/[C@@H](CC)C(=O)C[C@H](O)[C@H]2C)[C@@H](OC)C[C@H]3C)C[C@H]1OC)c1ccccc1. The number of benzene rings is 1. The molecule has 1 saturated carbocycles. The minimum atomic E-state index is -2.51. The van der Waals surface area contributed by atoms with Crippen LogP contribution >= 0.6 is 0 Å². The summed E-state index contributed by atoms with van der Waals surface area (Å²) in [6.45, 7) is 16.0. The van der Waals surface area contributed by atoms with E-state index in [2.05, 4.69) is 19.6 Å². The highest BCUT2D eigenvalue weighted by Gasteiger charge is 2.56. The van der Waals surface area contributed by atoms with Crippen LogP contribution in [0.4, 0.5) is 0 Å². The minimum Gasteiger partial charge on any atom is -0.456 e. The molecule has 2 saturated heterocycles. The van der Waals surface area contributed by atoms with Crippen LogP contribution < -0.4 is 0 Å². The summed E-state index contributed by atoms with van der Waals surface area (Å²) in [7, 11) is 4.75. The molecule has 1 aromatic rings. The fourth-order valence-corrected chi connectivity index (χ4v) is 10.5. The average Bonchev–Trinajstić information content (AvgIpc) is 3.30. The highest BCUT2D eigenvalue weighted by Crippen LogP contribution is 2.39. The van der Waals surface area contributed by atoms with Crippen molar-refractivity contribution in [3.63, 3.8) is 0 Å². The number of aliphatic hydroxyl groups is 2. The fourth-order valence-electron chi connectivity index (χ4n) is 10.5. The van der Waals surface area contributed by atoms with Crippen LogP contribution in [0.2, 0.25) is 0 Å². The van der Waals surface area contributed by atoms with Gasteiger partial charge in [-0.05, 0) is 107 Å². The quantitative estimate of drug-likeness (QED) is 0.138. The molecule has 1 aliphatic carbocycles. The van der Waals surface area contributed by atoms with E-state index in [9.17, 15) is 29.4 Å². The largest absolute Gasteiger partial charge is 0.456 e. The molecule has 65 heavy (non-hydrogen) atoms. The van der Waals surface area contributed by atoms with Gasteiger partial charge >= 0.3 is 5.97 Å². The number of fused-ring (bicyclic) bond motifs is 3. The van der Waals surface area contributed by atoms with Crippen molar-refractivity contribution in [2.45, 2.75) is 167 Å². The highest BCUT2D eigenvalue weighted by molar-refractivity contribution is 6.39. The van der Waals surface area contributed by atoms with Gasteiger partial charge in [0.2, 0.25) is 5.79 Å². The van der Waals surface area contributed by atoms with Crippen LogP contribution in [-0.4, -0.2) is 128 Å². The molecule has 3 heterocycles. The topological polar surface area (TPSA) is 167 Å². The van der Waals surface area contributed by atoms with Gasteiger partial charge in [0.05, 0.1) is 37.1 Å². The lowest BCUT2D eigenvalue weighted by Gasteiger charge is -2.47. The number of nitrogens with zero attached hydrogens (tertiary/aromatic N) is 1. The maximum Gasteiger partial charge on any atom is 0.329 e. The number of allylic oxidation sites excluding steroid dienone is 3. The van der Waals surface area contributed by atoms with Crippen molar-refractivity contribution in [1.82, 2.24) is 4.90 Å². The van der Waals surface area contributed by atoms with Crippen molar-refractivity contribution in [1.29, 1.82) is 0 Å². The Labute approximate surface area is 387 Å². The number of hydrogen-bond donors (Lipinski definition) is 2. The number of esters is 1. The van der Waals surface area contributed by atoms with Gasteiger partial charge in [0, 0.05) is 52.0 Å². The van der Waals surface area contributed by atoms with E-state index < -0.39 is 77.8 Å². The predicted molar refractivity (Wildman–Crippen MR) is 247 cm³/mol. The predicted octanol–water partition coefficient (Wildman–Crippen LogP) is 7.21. The first kappa shape index (κ1) is 52.4. The molecule has 1 amide bonds. The Morgan fingerprint density at radius 1 is 0.908 bits per heavy atom. The number of methoxy groups -OCH3 is 3. The van der Waals surface area contributed by atoms with Crippen LogP contribution in [0.1, 0.15) is 118 Å². The summed E-state index contributed by atoms with van der Waals surface area (Å²) in [6, 6.07) is 8.78. The van der Waals surface area contributed by atoms with E-state index in [-0.39, 0.29) is 55.6 Å². The molecule has 0 spiro atoms. The number of rotatable bonds is 10. The van der Waals surface area contributed by atoms with E-state index in [1.165, 1.54) is 19.1 Å². The second-order valence-electron chi connectivity index (χ2n) is 19.4. The Kier molecular flexibility index (Phi) is 19.3. The molecule has 5 rings (SSSR count). The number of hydrogen-bond acceptors (Lipinski definition) is 12. The maximum atomic E-state index is 14.5. The van der Waals surface area contributed by atoms with E-state index >= 15 is 0 Å². The molecule has 3 aliphatic heterocycles. The third-order valence-electron chi connectivity index (χ3n) is 14.5. The van der Waals surface area contributed by atoms with Gasteiger partial charge in [-0.2, -0.15) is 0 Å². The summed E-state index contributed by atoms with van der Waals surface area (Å²) in [5, 5.41) is 24.0. The number of piperidine rings is 1. The molecule has 0 radical (unpaired) electrons. The molecule has 0 unspecified atom stereocenters. The normalized spacial score (nSPS) is 37.3. The molecule has 362 valence electrons. The fraction of sp³-hybridized carbons (Fsp3) is 0.692. The Hall–Kier alpha value is -3.56. The summed E-state index contributed by atoms with van der Waals surface area (Å²) in [5.41, 5.74) is 3.59. The average molecular weight is 908 g/mol. The third kappa shape index (κ3) is 12.9. The van der Waals surface area contributed by atoms with Crippen molar-refractivity contribution >= 4 is 29.0 Å². The van der Waals surface area contributed by atoms with Gasteiger partial charge < -0.3 is 43.5 Å². The van der Waals surface area contributed by atoms with Crippen molar-refractivity contribution in [2.75, 3.05) is 34.5 Å². The van der Waals surface area contributed by atoms with Crippen molar-refractivity contribution in [3.8, 4) is 0 Å². The number of carbonyl (C=O) groups is 4. The summed E-state index contributed by atoms with van der Waals surface area (Å²) >= 11 is 0. The van der Waals surface area contributed by atoms with Gasteiger partial charge in [-0.25, -0.2) is 4.79 Å². The number of cyclic esters (lactones) is 1. The van der Waals surface area contributed by atoms with Gasteiger partial charge in [0.15, 0.2) is 0 Å². The number of amides is 1. The molecule has 13 heteroatoms. The number of Topliss-reactive ketones (excluding diaryl/α,β-unsaturated/α-hetero) is 2. The highest BCUT2D eigenvalue weighted by atomic mass is 16.7. The first-order valence-corrected chi connectivity index (χ1v) is 23.9. The van der Waals surface area contributed by atoms with E-state index in [1.54, 1.807) is 21.0 Å². The van der Waals surface area contributed by atoms with E-state index in [0.29, 0.717) is 50.7 Å². The smallest absolute Gasteiger partial charge is 0.329 e. The van der Waals surface area contributed by atoms with Crippen molar-refractivity contribution < 1.29 is 57.8 Å². The molecule has 2 bridgehead atoms. The summed E-state index contributed by atoms with van der Waals surface area (Å²) in [4.78, 5) is 58.4. The maximum absolute atomic E-state index is 14.5. The van der Waals surface area contributed by atoms with Crippen LogP contribution in [0, 0.1) is 29.6 Å². The Morgan fingerprint density at radius 3 is 2.25 bits per heavy atom. The number of carbonyl (C=O) groups excluding carboxylic acids is 4. The van der Waals surface area contributed by atoms with Gasteiger partial charge in [-0.15, -0.1) is 0 Å². The second kappa shape index (κ2) is 23.9. The van der Waals surface area contributed by atoms with Crippen LogP contribution in [0.25, 0.3) is 5.57 Å². The second-order valence-corrected chi connectivity index (χ2v) is 19.4. The lowest BCUT2D eigenvalue weighted by molar-refractivity contribution is -0.302. The Balaban J connectivity index is 1.46. The summed E-state index contributed by atoms with van der Waals surface area (Å²) in [5.74, 6) is -7.48. The van der Waals surface area contributed by atoms with Gasteiger partial charge in [-0.1, -0.05) is 82.3 Å². The zero-order valence-electron chi connectivity index (χ0n) is 40.4. The molecular weight excluding hydrogens is 831 g/mol. The Morgan fingerprint density at radius 2 is 1.58 bits per heavy atom. The lowest BCUT2D eigenvalue weighted by Crippen LogP contribution is -2.64. The first-order chi connectivity index (χ1) is 30.9. The number of ether oxygens (including phenoxy) is 6. The summed E-state index contributed by atoms with van der Waals surface area (Å²) < 4.78 is 36.8. The monoisotopic (exact) mass is 908 g/mol. The third-order valence-corrected chi connectivity index (χ3v) is 14.5. The van der Waals surface area contributed by atoms with Crippen molar-refractivity contribution in [2.24, 2.45) is 29.6 Å². The first-order valence-electron chi connectivity index (χ1n) is 23.9. The number of aliphatic hydroxyl groups excluding tert-OH is 1. The lowest BCUT2D eigenvalue weighted by atomic mass is 9.81. The van der Waals surface area contributed by atoms with Crippen LogP contribution in [0.3, 0.4) is 0 Å². The molecule has 3 fully saturated rings. The molecule has 14 atom stereocenters. The van der Waals surface area contributed by atoms with Gasteiger partial charge in [0.25, 0.3) is 11.7 Å². The minimum absolute atomic E-state index is 0.0229. The zero-order chi connectivity index (χ0) is 47.6. The molecule has 4 aliphatic rings. The zero-order valence-corrected chi connectivity index (χ0v) is 40.4. The summed E-state index contributed by atoms with van der Waals surface area (Å²) in [6.07, 6.45) is 4.71. The standard InChI is InChI=1S/C52H77NO12/c1-11-38-24-31(2)23-32(3)25-45(61-9)48-46(62-10)27-35(6)52(59,65-48)49(56)50(57)53-22-16-15-19-40(53)51(58)64-47(36(7)41(54)29-42(38)55)33(4)26-37-20-21-43(44(28-37)60-8)63-30-34(5)39-17-13-12-14-18-39/h12-14,17-18,24,26,32,35-38,40-41,43-48,54,59H,5,11,15-16,19-23,25,27-30H2,1-4,6-10H3/b31-24+,33-26+/t32-,35+,36+,37-,38+,40-,41-,43+,44+,45-,46-,47+,48+,52+/m0/s1. The van der Waals surface area contributed by atoms with Crippen LogP contribution in [-0.2, 0) is 47.6 Å². The molecule has 13 nitrogen and oxygen atoms in total. The van der Waals surface area contributed by atoms with E-state index in [1.807, 2.05) is 57.2 Å². The molecule has 0 aromatic heterocycles. The Bertz CT molecular complexity index is 1850. The van der Waals surface area contributed by atoms with Crippen molar-refractivity contribution in [3.05, 3.63) is 65.8 Å². The van der Waals surface area contributed by atoms with E-state index in [4.69, 9.17) is 28.4 Å². The van der Waals surface area contributed by atoms with E-state index in [0.717, 1.165) is 29.6 Å². The van der Waals surface area contributed by atoms with Gasteiger partial charge in [0.1, 0.15) is 24.0 Å². The van der Waals surface area contributed by atoms with Crippen LogP contribution in [0.5, 0.6) is 0 Å². The molecular formula is C52H77NO12. The van der Waals surface area contributed by atoms with Crippen LogP contribution in [0.15, 0.2) is 60.2 Å². The van der Waals surface area contributed by atoms with Gasteiger partial charge in [-0.3, -0.25) is 14.4 Å². The molecule has 2 N–H and O–H groups in total. The molecule has 1 aromatic carbocycles. The number of ketones is 2.